The van der Waals surface area contributed by atoms with Gasteiger partial charge in [-0.05, 0) is 43.9 Å². The Balaban J connectivity index is 1.53. The molecule has 3 heterocycles. The molecule has 0 aliphatic carbocycles. The Morgan fingerprint density at radius 2 is 1.93 bits per heavy atom. The molecule has 1 atom stereocenters. The van der Waals surface area contributed by atoms with E-state index in [1.54, 1.807) is 24.4 Å². The lowest BCUT2D eigenvalue weighted by atomic mass is 10.1. The van der Waals surface area contributed by atoms with Crippen LogP contribution in [0, 0.1) is 0 Å². The van der Waals surface area contributed by atoms with Gasteiger partial charge in [-0.1, -0.05) is 29.3 Å². The van der Waals surface area contributed by atoms with Crippen molar-refractivity contribution in [3.63, 3.8) is 0 Å². The molecule has 1 saturated heterocycles. The topological polar surface area (TPSA) is 84.5 Å². The van der Waals surface area contributed by atoms with E-state index in [9.17, 15) is 9.59 Å². The van der Waals surface area contributed by atoms with Crippen LogP contribution in [0.25, 0.3) is 5.65 Å². The summed E-state index contributed by atoms with van der Waals surface area (Å²) in [6.45, 7) is 3.40. The Morgan fingerprint density at radius 1 is 1.17 bits per heavy atom. The van der Waals surface area contributed by atoms with E-state index in [2.05, 4.69) is 20.3 Å². The first-order valence-corrected chi connectivity index (χ1v) is 10.6. The van der Waals surface area contributed by atoms with Gasteiger partial charge in [-0.2, -0.15) is 0 Å². The molecule has 1 aliphatic heterocycles. The smallest absolute Gasteiger partial charge is 0.352 e. The molecule has 10 heteroatoms. The Morgan fingerprint density at radius 3 is 2.67 bits per heavy atom. The zero-order valence-electron chi connectivity index (χ0n) is 16.5. The van der Waals surface area contributed by atoms with E-state index >= 15 is 0 Å². The van der Waals surface area contributed by atoms with Gasteiger partial charge in [-0.25, -0.2) is 13.9 Å². The first-order chi connectivity index (χ1) is 14.4. The fraction of sp³-hybridized carbons (Fsp3) is 0.400. The Kier molecular flexibility index (Phi) is 5.97. The first-order valence-electron chi connectivity index (χ1n) is 9.87. The second kappa shape index (κ2) is 8.65. The highest BCUT2D eigenvalue weighted by atomic mass is 35.5. The lowest BCUT2D eigenvalue weighted by Crippen LogP contribution is -2.36. The van der Waals surface area contributed by atoms with Gasteiger partial charge in [0.2, 0.25) is 5.91 Å². The molecule has 1 amide bonds. The molecule has 4 rings (SSSR count). The van der Waals surface area contributed by atoms with Crippen LogP contribution in [0.15, 0.2) is 35.4 Å². The van der Waals surface area contributed by atoms with Crippen LogP contribution >= 0.6 is 23.2 Å². The number of benzene rings is 1. The normalized spacial score (nSPS) is 15.4. The zero-order valence-corrected chi connectivity index (χ0v) is 18.0. The largest absolute Gasteiger partial charge is 0.356 e. The minimum absolute atomic E-state index is 0.189. The van der Waals surface area contributed by atoms with E-state index in [4.69, 9.17) is 23.2 Å². The molecule has 1 fully saturated rings. The van der Waals surface area contributed by atoms with Gasteiger partial charge in [0.1, 0.15) is 12.4 Å². The van der Waals surface area contributed by atoms with Gasteiger partial charge in [-0.15, -0.1) is 5.10 Å². The predicted molar refractivity (Wildman–Crippen MR) is 116 cm³/mol. The number of halogens is 2. The number of anilines is 1. The van der Waals surface area contributed by atoms with E-state index in [0.717, 1.165) is 31.5 Å². The van der Waals surface area contributed by atoms with E-state index in [1.807, 2.05) is 6.92 Å². The Labute approximate surface area is 183 Å². The third-order valence-electron chi connectivity index (χ3n) is 5.27. The molecule has 0 spiro atoms. The van der Waals surface area contributed by atoms with Crippen molar-refractivity contribution in [3.05, 3.63) is 56.7 Å². The summed E-state index contributed by atoms with van der Waals surface area (Å²) >= 11 is 12.0. The highest BCUT2D eigenvalue weighted by Crippen LogP contribution is 2.25. The molecule has 2 aromatic heterocycles. The molecule has 1 aliphatic rings. The van der Waals surface area contributed by atoms with Crippen LogP contribution in [-0.2, 0) is 11.3 Å². The molecule has 3 aromatic rings. The van der Waals surface area contributed by atoms with Crippen LogP contribution in [0.3, 0.4) is 0 Å². The molecule has 158 valence electrons. The highest BCUT2D eigenvalue weighted by Gasteiger charge is 2.19. The summed E-state index contributed by atoms with van der Waals surface area (Å²) in [5, 5.41) is 8.03. The number of fused-ring (bicyclic) bond motifs is 1. The monoisotopic (exact) mass is 448 g/mol. The minimum atomic E-state index is -0.356. The summed E-state index contributed by atoms with van der Waals surface area (Å²) in [4.78, 5) is 31.9. The standard InChI is InChI=1S/C20H22Cl2N6O2/c1-13(14-5-6-15(21)16(22)9-14)24-18(29)12-27-20(30)28-17(25-27)10-23-11-19(28)26-7-3-2-4-8-26/h5-6,9-11,13H,2-4,7-8,12H2,1H3,(H,24,29)/t13-/m0/s1. The van der Waals surface area contributed by atoms with Crippen LogP contribution in [-0.4, -0.2) is 38.2 Å². The summed E-state index contributed by atoms with van der Waals surface area (Å²) in [7, 11) is 0. The van der Waals surface area contributed by atoms with Gasteiger partial charge >= 0.3 is 5.69 Å². The summed E-state index contributed by atoms with van der Waals surface area (Å²) < 4.78 is 2.69. The predicted octanol–water partition coefficient (Wildman–Crippen LogP) is 3.07. The maximum absolute atomic E-state index is 13.0. The van der Waals surface area contributed by atoms with Crippen LogP contribution in [0.2, 0.25) is 10.0 Å². The summed E-state index contributed by atoms with van der Waals surface area (Å²) in [6, 6.07) is 4.89. The van der Waals surface area contributed by atoms with Gasteiger partial charge in [0, 0.05) is 13.1 Å². The van der Waals surface area contributed by atoms with Crippen molar-refractivity contribution in [2.45, 2.75) is 38.8 Å². The molecule has 1 N–H and O–H groups in total. The number of nitrogens with one attached hydrogen (secondary N) is 1. The van der Waals surface area contributed by atoms with Crippen LogP contribution < -0.4 is 15.9 Å². The van der Waals surface area contributed by atoms with E-state index in [-0.39, 0.29) is 24.2 Å². The first kappa shape index (κ1) is 20.7. The van der Waals surface area contributed by atoms with Crippen LogP contribution in [0.1, 0.15) is 37.8 Å². The number of carbonyl (C=O) groups excluding carboxylic acids is 1. The summed E-state index contributed by atoms with van der Waals surface area (Å²) in [6.07, 6.45) is 6.55. The number of hydrogen-bond acceptors (Lipinski definition) is 5. The van der Waals surface area contributed by atoms with Gasteiger partial charge in [0.05, 0.1) is 28.5 Å². The summed E-state index contributed by atoms with van der Waals surface area (Å²) in [5.41, 5.74) is 0.885. The number of piperidine rings is 1. The van der Waals surface area contributed by atoms with Gasteiger partial charge in [-0.3, -0.25) is 9.78 Å². The second-order valence-electron chi connectivity index (χ2n) is 7.41. The van der Waals surface area contributed by atoms with Crippen molar-refractivity contribution in [3.8, 4) is 0 Å². The number of amides is 1. The molecule has 0 unspecified atom stereocenters. The van der Waals surface area contributed by atoms with Crippen molar-refractivity contribution >= 4 is 40.6 Å². The number of hydrogen-bond donors (Lipinski definition) is 1. The zero-order chi connectivity index (χ0) is 21.3. The molecule has 0 radical (unpaired) electrons. The van der Waals surface area contributed by atoms with E-state index in [0.29, 0.717) is 21.5 Å². The van der Waals surface area contributed by atoms with E-state index in [1.165, 1.54) is 21.7 Å². The number of rotatable bonds is 5. The van der Waals surface area contributed by atoms with Gasteiger partial charge in [0.15, 0.2) is 5.65 Å². The van der Waals surface area contributed by atoms with Crippen molar-refractivity contribution in [1.29, 1.82) is 0 Å². The number of carbonyl (C=O) groups is 1. The highest BCUT2D eigenvalue weighted by molar-refractivity contribution is 6.42. The lowest BCUT2D eigenvalue weighted by molar-refractivity contribution is -0.122. The minimum Gasteiger partial charge on any atom is -0.356 e. The molecule has 0 saturated carbocycles. The van der Waals surface area contributed by atoms with Crippen molar-refractivity contribution in [1.82, 2.24) is 24.5 Å². The van der Waals surface area contributed by atoms with E-state index < -0.39 is 0 Å². The quantitative estimate of drug-likeness (QED) is 0.648. The second-order valence-corrected chi connectivity index (χ2v) is 8.22. The average molecular weight is 449 g/mol. The fourth-order valence-corrected chi connectivity index (χ4v) is 4.00. The third-order valence-corrected chi connectivity index (χ3v) is 6.01. The molecule has 30 heavy (non-hydrogen) atoms. The van der Waals surface area contributed by atoms with Crippen LogP contribution in [0.5, 0.6) is 0 Å². The molecular weight excluding hydrogens is 427 g/mol. The fourth-order valence-electron chi connectivity index (χ4n) is 3.69. The molecule has 1 aromatic carbocycles. The van der Waals surface area contributed by atoms with Crippen molar-refractivity contribution in [2.24, 2.45) is 0 Å². The maximum atomic E-state index is 13.0. The summed E-state index contributed by atoms with van der Waals surface area (Å²) in [5.74, 6) is 0.389. The average Bonchev–Trinajstić information content (AvgIpc) is 3.06. The molecular formula is C20H22Cl2N6O2. The lowest BCUT2D eigenvalue weighted by Gasteiger charge is -2.28. The Hall–Kier alpha value is -2.58. The van der Waals surface area contributed by atoms with Gasteiger partial charge < -0.3 is 10.2 Å². The third kappa shape index (κ3) is 4.15. The Bertz CT molecular complexity index is 1140. The number of aromatic nitrogens is 4. The maximum Gasteiger partial charge on any atom is 0.352 e. The van der Waals surface area contributed by atoms with Crippen LogP contribution in [0.4, 0.5) is 5.82 Å². The molecule has 8 nitrogen and oxygen atoms in total. The van der Waals surface area contributed by atoms with Crippen molar-refractivity contribution < 1.29 is 4.79 Å². The van der Waals surface area contributed by atoms with Crippen molar-refractivity contribution in [2.75, 3.05) is 18.0 Å². The van der Waals surface area contributed by atoms with Gasteiger partial charge in [0.25, 0.3) is 0 Å². The molecule has 0 bridgehead atoms. The number of nitrogens with zero attached hydrogens (tertiary/aromatic N) is 5. The SMILES string of the molecule is C[C@H](NC(=O)Cn1nc2cncc(N3CCCCC3)n2c1=O)c1ccc(Cl)c(Cl)c1.